The molecule has 1 aliphatic rings. The lowest BCUT2D eigenvalue weighted by atomic mass is 9.80. The van der Waals surface area contributed by atoms with E-state index in [0.717, 1.165) is 34.7 Å². The van der Waals surface area contributed by atoms with Gasteiger partial charge in [-0.25, -0.2) is 0 Å². The van der Waals surface area contributed by atoms with E-state index in [2.05, 4.69) is 43.9 Å². The summed E-state index contributed by atoms with van der Waals surface area (Å²) in [5, 5.41) is 12.3. The Morgan fingerprint density at radius 3 is 3.00 bits per heavy atom. The molecule has 0 saturated carbocycles. The number of amides is 1. The summed E-state index contributed by atoms with van der Waals surface area (Å²) in [6.45, 7) is 5.61. The van der Waals surface area contributed by atoms with E-state index < -0.39 is 0 Å². The maximum absolute atomic E-state index is 12.7. The van der Waals surface area contributed by atoms with Crippen LogP contribution in [0, 0.1) is 0 Å². The first-order valence-corrected chi connectivity index (χ1v) is 9.25. The number of hydrogen-bond donors (Lipinski definition) is 2. The minimum atomic E-state index is -0.112. The molecule has 3 aromatic heterocycles. The average Bonchev–Trinajstić information content (AvgIpc) is 3.30. The van der Waals surface area contributed by atoms with E-state index in [1.165, 1.54) is 5.56 Å². The molecule has 1 aromatic carbocycles. The van der Waals surface area contributed by atoms with E-state index in [-0.39, 0.29) is 11.3 Å². The number of aromatic amines is 1. The molecule has 1 aliphatic heterocycles. The predicted octanol–water partition coefficient (Wildman–Crippen LogP) is 3.04. The van der Waals surface area contributed by atoms with Crippen LogP contribution in [0.25, 0.3) is 22.4 Å². The molecule has 4 heterocycles. The van der Waals surface area contributed by atoms with Crippen molar-refractivity contribution in [1.29, 1.82) is 0 Å². The van der Waals surface area contributed by atoms with Crippen molar-refractivity contribution in [2.75, 3.05) is 0 Å². The number of benzene rings is 1. The van der Waals surface area contributed by atoms with Gasteiger partial charge >= 0.3 is 0 Å². The van der Waals surface area contributed by atoms with Crippen LogP contribution in [0.15, 0.2) is 48.9 Å². The highest BCUT2D eigenvalue weighted by Gasteiger charge is 2.35. The van der Waals surface area contributed by atoms with Crippen molar-refractivity contribution in [2.45, 2.75) is 32.4 Å². The second kappa shape index (κ2) is 6.02. The first kappa shape index (κ1) is 16.7. The molecule has 4 aromatic rings. The summed E-state index contributed by atoms with van der Waals surface area (Å²) < 4.78 is 2.07. The number of pyridine rings is 1. The lowest BCUT2D eigenvalue weighted by molar-refractivity contribution is 0.0950. The average molecular weight is 372 g/mol. The zero-order valence-electron chi connectivity index (χ0n) is 15.7. The highest BCUT2D eigenvalue weighted by atomic mass is 16.1. The van der Waals surface area contributed by atoms with Gasteiger partial charge in [0.2, 0.25) is 0 Å². The van der Waals surface area contributed by atoms with E-state index in [4.69, 9.17) is 0 Å². The maximum Gasteiger partial charge on any atom is 0.251 e. The first-order chi connectivity index (χ1) is 13.5. The highest BCUT2D eigenvalue weighted by Crippen LogP contribution is 2.43. The molecule has 5 rings (SSSR count). The zero-order valence-corrected chi connectivity index (χ0v) is 15.7. The summed E-state index contributed by atoms with van der Waals surface area (Å²) in [6.07, 6.45) is 3.49. The molecule has 0 atom stereocenters. The van der Waals surface area contributed by atoms with E-state index in [0.29, 0.717) is 12.1 Å². The van der Waals surface area contributed by atoms with Gasteiger partial charge in [-0.05, 0) is 35.9 Å². The van der Waals surface area contributed by atoms with Gasteiger partial charge < -0.3 is 14.9 Å². The summed E-state index contributed by atoms with van der Waals surface area (Å²) in [4.78, 5) is 20.4. The van der Waals surface area contributed by atoms with Crippen molar-refractivity contribution in [3.05, 3.63) is 65.7 Å². The van der Waals surface area contributed by atoms with Gasteiger partial charge in [-0.1, -0.05) is 19.9 Å². The fourth-order valence-electron chi connectivity index (χ4n) is 4.05. The fourth-order valence-corrected chi connectivity index (χ4v) is 4.05. The monoisotopic (exact) mass is 372 g/mol. The molecule has 0 bridgehead atoms. The smallest absolute Gasteiger partial charge is 0.251 e. The number of carbonyl (C=O) groups excluding carboxylic acids is 1. The number of hydrogen-bond acceptors (Lipinski definition) is 4. The van der Waals surface area contributed by atoms with Gasteiger partial charge in [0.15, 0.2) is 5.82 Å². The van der Waals surface area contributed by atoms with Crippen molar-refractivity contribution in [1.82, 2.24) is 30.0 Å². The van der Waals surface area contributed by atoms with Crippen molar-refractivity contribution in [3.63, 3.8) is 0 Å². The van der Waals surface area contributed by atoms with E-state index in [1.807, 2.05) is 36.4 Å². The topological polar surface area (TPSA) is 88.5 Å². The number of carbonyl (C=O) groups is 1. The maximum atomic E-state index is 12.7. The van der Waals surface area contributed by atoms with Gasteiger partial charge in [0.05, 0.1) is 17.9 Å². The zero-order chi connectivity index (χ0) is 19.3. The Kier molecular flexibility index (Phi) is 3.58. The van der Waals surface area contributed by atoms with Gasteiger partial charge in [0.1, 0.15) is 6.33 Å². The van der Waals surface area contributed by atoms with Crippen LogP contribution >= 0.6 is 0 Å². The van der Waals surface area contributed by atoms with Gasteiger partial charge in [-0.3, -0.25) is 9.78 Å². The lowest BCUT2D eigenvalue weighted by Crippen LogP contribution is -2.29. The summed E-state index contributed by atoms with van der Waals surface area (Å²) >= 11 is 0. The van der Waals surface area contributed by atoms with Crippen LogP contribution in [0.1, 0.15) is 35.5 Å². The molecule has 140 valence electrons. The molecule has 0 aliphatic carbocycles. The Labute approximate surface area is 161 Å². The Bertz CT molecular complexity index is 1190. The summed E-state index contributed by atoms with van der Waals surface area (Å²) in [6, 6.07) is 11.4. The van der Waals surface area contributed by atoms with Crippen molar-refractivity contribution in [2.24, 2.45) is 0 Å². The quantitative estimate of drug-likeness (QED) is 0.578. The van der Waals surface area contributed by atoms with Crippen LogP contribution in [0.5, 0.6) is 0 Å². The number of fused-ring (bicyclic) bond motifs is 5. The SMILES string of the molecule is CC1(C)Cn2cnnc2-c2[nH]c3ccc(C(=O)NCc4ccccn4)cc3c21. The second-order valence-electron chi connectivity index (χ2n) is 7.81. The molecule has 0 saturated heterocycles. The van der Waals surface area contributed by atoms with Crippen LogP contribution in [0.4, 0.5) is 0 Å². The lowest BCUT2D eigenvalue weighted by Gasteiger charge is -2.31. The Balaban J connectivity index is 1.53. The molecule has 28 heavy (non-hydrogen) atoms. The van der Waals surface area contributed by atoms with Crippen LogP contribution in [0.2, 0.25) is 0 Å². The molecule has 0 fully saturated rings. The molecule has 0 spiro atoms. The number of nitrogens with zero attached hydrogens (tertiary/aromatic N) is 4. The van der Waals surface area contributed by atoms with Crippen LogP contribution < -0.4 is 5.32 Å². The Morgan fingerprint density at radius 1 is 1.29 bits per heavy atom. The van der Waals surface area contributed by atoms with E-state index in [1.54, 1.807) is 12.5 Å². The van der Waals surface area contributed by atoms with Crippen LogP contribution in [-0.4, -0.2) is 30.6 Å². The number of H-pyrrole nitrogens is 1. The van der Waals surface area contributed by atoms with Crippen LogP contribution in [0.3, 0.4) is 0 Å². The normalized spacial score (nSPS) is 14.5. The molecule has 7 nitrogen and oxygen atoms in total. The standard InChI is InChI=1S/C21H20N6O/c1-21(2)11-27-12-24-26-19(27)18-17(21)15-9-13(6-7-16(15)25-18)20(28)23-10-14-5-3-4-8-22-14/h3-9,12,25H,10-11H2,1-2H3,(H,23,28). The number of rotatable bonds is 3. The van der Waals surface area contributed by atoms with E-state index >= 15 is 0 Å². The summed E-state index contributed by atoms with van der Waals surface area (Å²) in [7, 11) is 0. The minimum Gasteiger partial charge on any atom is -0.352 e. The van der Waals surface area contributed by atoms with E-state index in [9.17, 15) is 4.79 Å². The third kappa shape index (κ3) is 2.58. The minimum absolute atomic E-state index is 0.105. The molecule has 1 amide bonds. The predicted molar refractivity (Wildman–Crippen MR) is 106 cm³/mol. The van der Waals surface area contributed by atoms with Gasteiger partial charge in [-0.2, -0.15) is 0 Å². The molecule has 7 heteroatoms. The summed E-state index contributed by atoms with van der Waals surface area (Å²) in [5.74, 6) is 0.728. The molecule has 2 N–H and O–H groups in total. The molecular formula is C21H20N6O. The largest absolute Gasteiger partial charge is 0.352 e. The second-order valence-corrected chi connectivity index (χ2v) is 7.81. The molecular weight excluding hydrogens is 352 g/mol. The highest BCUT2D eigenvalue weighted by molar-refractivity contribution is 6.00. The molecule has 0 radical (unpaired) electrons. The van der Waals surface area contributed by atoms with Crippen molar-refractivity contribution >= 4 is 16.8 Å². The third-order valence-corrected chi connectivity index (χ3v) is 5.30. The first-order valence-electron chi connectivity index (χ1n) is 9.25. The number of nitrogens with one attached hydrogen (secondary N) is 2. The van der Waals surface area contributed by atoms with Gasteiger partial charge in [0, 0.05) is 34.6 Å². The summed E-state index contributed by atoms with van der Waals surface area (Å²) in [5.41, 5.74) is 4.52. The van der Waals surface area contributed by atoms with Gasteiger partial charge in [-0.15, -0.1) is 10.2 Å². The Morgan fingerprint density at radius 2 is 2.18 bits per heavy atom. The Hall–Kier alpha value is -3.48. The van der Waals surface area contributed by atoms with Crippen molar-refractivity contribution < 1.29 is 4.79 Å². The third-order valence-electron chi connectivity index (χ3n) is 5.30. The molecule has 0 unspecified atom stereocenters. The number of aromatic nitrogens is 5. The van der Waals surface area contributed by atoms with Crippen molar-refractivity contribution in [3.8, 4) is 11.5 Å². The van der Waals surface area contributed by atoms with Gasteiger partial charge in [0.25, 0.3) is 5.91 Å². The fraction of sp³-hybridized carbons (Fsp3) is 0.238. The van der Waals surface area contributed by atoms with Crippen LogP contribution in [-0.2, 0) is 18.5 Å².